The standard InChI is InChI=1S/C23H24O7/c1-27-20-10-7-15(11-19(20)26)5-8-17(24)14-18(25)9-6-16-12-21(28-2)23(30-4)22(13-16)29-3/h5-13,26H,14H2,1-4H3. The van der Waals surface area contributed by atoms with Gasteiger partial charge in [0.15, 0.2) is 34.6 Å². The number of hydrogen-bond donors (Lipinski definition) is 1. The van der Waals surface area contributed by atoms with Crippen molar-refractivity contribution in [2.24, 2.45) is 0 Å². The lowest BCUT2D eigenvalue weighted by atomic mass is 10.1. The van der Waals surface area contributed by atoms with Gasteiger partial charge in [0.05, 0.1) is 34.9 Å². The number of phenols is 1. The van der Waals surface area contributed by atoms with Crippen molar-refractivity contribution >= 4 is 23.7 Å². The van der Waals surface area contributed by atoms with E-state index in [2.05, 4.69) is 0 Å². The second kappa shape index (κ2) is 10.7. The highest BCUT2D eigenvalue weighted by atomic mass is 16.5. The average molecular weight is 412 g/mol. The number of ether oxygens (including phenoxy) is 4. The maximum Gasteiger partial charge on any atom is 0.203 e. The SMILES string of the molecule is COc1ccc(C=CC(=O)CC(=O)C=Cc2cc(OC)c(OC)c(OC)c2)cc1O. The number of allylic oxidation sites excluding steroid dienone is 2. The third-order valence-corrected chi connectivity index (χ3v) is 4.16. The largest absolute Gasteiger partial charge is 0.504 e. The van der Waals surface area contributed by atoms with Gasteiger partial charge in [0.1, 0.15) is 0 Å². The summed E-state index contributed by atoms with van der Waals surface area (Å²) in [7, 11) is 5.96. The molecule has 0 amide bonds. The molecule has 0 radical (unpaired) electrons. The molecule has 0 aliphatic heterocycles. The molecule has 0 unspecified atom stereocenters. The van der Waals surface area contributed by atoms with Crippen LogP contribution in [0, 0.1) is 0 Å². The lowest BCUT2D eigenvalue weighted by Crippen LogP contribution is -2.02. The Labute approximate surface area is 175 Å². The van der Waals surface area contributed by atoms with E-state index in [0.717, 1.165) is 0 Å². The van der Waals surface area contributed by atoms with Crippen LogP contribution in [-0.2, 0) is 9.59 Å². The monoisotopic (exact) mass is 412 g/mol. The van der Waals surface area contributed by atoms with E-state index in [-0.39, 0.29) is 23.7 Å². The number of ketones is 2. The van der Waals surface area contributed by atoms with Crippen molar-refractivity contribution in [2.75, 3.05) is 28.4 Å². The maximum absolute atomic E-state index is 12.1. The smallest absolute Gasteiger partial charge is 0.203 e. The molecule has 0 aromatic heterocycles. The Morgan fingerprint density at radius 1 is 0.767 bits per heavy atom. The first-order valence-corrected chi connectivity index (χ1v) is 9.00. The fraction of sp³-hybridized carbons (Fsp3) is 0.217. The van der Waals surface area contributed by atoms with Crippen molar-refractivity contribution in [1.82, 2.24) is 0 Å². The number of benzene rings is 2. The lowest BCUT2D eigenvalue weighted by molar-refractivity contribution is -0.121. The molecule has 2 aromatic carbocycles. The highest BCUT2D eigenvalue weighted by Crippen LogP contribution is 2.38. The minimum atomic E-state index is -0.357. The number of carbonyl (C=O) groups is 2. The van der Waals surface area contributed by atoms with Crippen molar-refractivity contribution in [3.05, 3.63) is 53.6 Å². The Kier molecular flexibility index (Phi) is 8.05. The van der Waals surface area contributed by atoms with Crippen LogP contribution in [0.4, 0.5) is 0 Å². The Morgan fingerprint density at radius 3 is 1.77 bits per heavy atom. The summed E-state index contributed by atoms with van der Waals surface area (Å²) in [5.74, 6) is 0.979. The third-order valence-electron chi connectivity index (χ3n) is 4.16. The van der Waals surface area contributed by atoms with Crippen LogP contribution in [0.5, 0.6) is 28.7 Å². The van der Waals surface area contributed by atoms with Crippen LogP contribution < -0.4 is 18.9 Å². The zero-order valence-corrected chi connectivity index (χ0v) is 17.3. The van der Waals surface area contributed by atoms with E-state index in [4.69, 9.17) is 18.9 Å². The van der Waals surface area contributed by atoms with E-state index in [0.29, 0.717) is 34.1 Å². The molecule has 0 bridgehead atoms. The molecule has 0 spiro atoms. The molecule has 0 aliphatic rings. The van der Waals surface area contributed by atoms with E-state index >= 15 is 0 Å². The van der Waals surface area contributed by atoms with Crippen LogP contribution in [-0.4, -0.2) is 45.1 Å². The highest BCUT2D eigenvalue weighted by Gasteiger charge is 2.12. The molecule has 1 N–H and O–H groups in total. The second-order valence-electron chi connectivity index (χ2n) is 6.17. The summed E-state index contributed by atoms with van der Waals surface area (Å²) in [6, 6.07) is 8.14. The van der Waals surface area contributed by atoms with Gasteiger partial charge < -0.3 is 24.1 Å². The Hall–Kier alpha value is -3.74. The highest BCUT2D eigenvalue weighted by molar-refractivity contribution is 6.10. The Morgan fingerprint density at radius 2 is 1.30 bits per heavy atom. The van der Waals surface area contributed by atoms with Crippen molar-refractivity contribution < 1.29 is 33.6 Å². The molecule has 0 atom stereocenters. The van der Waals surface area contributed by atoms with E-state index in [1.165, 1.54) is 52.7 Å². The Balaban J connectivity index is 2.03. The number of carbonyl (C=O) groups excluding carboxylic acids is 2. The first kappa shape index (κ1) is 22.5. The maximum atomic E-state index is 12.1. The molecule has 7 heteroatoms. The number of phenolic OH excluding ortho intramolecular Hbond substituents is 1. The zero-order chi connectivity index (χ0) is 22.1. The molecule has 2 rings (SSSR count). The topological polar surface area (TPSA) is 91.3 Å². The summed E-state index contributed by atoms with van der Waals surface area (Å²) in [5.41, 5.74) is 1.27. The third kappa shape index (κ3) is 5.88. The van der Waals surface area contributed by atoms with Crippen molar-refractivity contribution in [2.45, 2.75) is 6.42 Å². The Bertz CT molecular complexity index is 949. The zero-order valence-electron chi connectivity index (χ0n) is 17.3. The summed E-state index contributed by atoms with van der Waals surface area (Å²) in [4.78, 5) is 24.2. The number of hydrogen-bond acceptors (Lipinski definition) is 7. The molecule has 2 aromatic rings. The molecule has 0 saturated heterocycles. The van der Waals surface area contributed by atoms with E-state index in [1.54, 1.807) is 30.3 Å². The fourth-order valence-corrected chi connectivity index (χ4v) is 2.68. The van der Waals surface area contributed by atoms with Gasteiger partial charge in [-0.15, -0.1) is 0 Å². The van der Waals surface area contributed by atoms with Gasteiger partial charge >= 0.3 is 0 Å². The van der Waals surface area contributed by atoms with Gasteiger partial charge in [0.25, 0.3) is 0 Å². The van der Waals surface area contributed by atoms with Crippen molar-refractivity contribution in [1.29, 1.82) is 0 Å². The summed E-state index contributed by atoms with van der Waals surface area (Å²) in [6.07, 6.45) is 5.45. The van der Waals surface area contributed by atoms with Crippen LogP contribution in [0.25, 0.3) is 12.2 Å². The summed E-state index contributed by atoms with van der Waals surface area (Å²) in [5, 5.41) is 9.76. The molecular weight excluding hydrogens is 388 g/mol. The number of methoxy groups -OCH3 is 4. The average Bonchev–Trinajstić information content (AvgIpc) is 2.75. The predicted molar refractivity (Wildman–Crippen MR) is 113 cm³/mol. The lowest BCUT2D eigenvalue weighted by Gasteiger charge is -2.12. The van der Waals surface area contributed by atoms with Crippen LogP contribution in [0.3, 0.4) is 0 Å². The summed E-state index contributed by atoms with van der Waals surface area (Å²) in [6.45, 7) is 0. The number of rotatable bonds is 10. The van der Waals surface area contributed by atoms with Gasteiger partial charge in [-0.3, -0.25) is 9.59 Å². The molecule has 30 heavy (non-hydrogen) atoms. The van der Waals surface area contributed by atoms with Crippen LogP contribution in [0.15, 0.2) is 42.5 Å². The van der Waals surface area contributed by atoms with Gasteiger partial charge in [0, 0.05) is 0 Å². The van der Waals surface area contributed by atoms with Gasteiger partial charge in [-0.1, -0.05) is 18.2 Å². The van der Waals surface area contributed by atoms with Gasteiger partial charge in [-0.2, -0.15) is 0 Å². The molecule has 0 aliphatic carbocycles. The molecule has 0 fully saturated rings. The normalized spacial score (nSPS) is 10.9. The molecule has 158 valence electrons. The molecule has 7 nitrogen and oxygen atoms in total. The molecular formula is C23H24O7. The van der Waals surface area contributed by atoms with Crippen LogP contribution in [0.1, 0.15) is 17.5 Å². The first-order valence-electron chi connectivity index (χ1n) is 9.00. The first-order chi connectivity index (χ1) is 14.4. The second-order valence-corrected chi connectivity index (χ2v) is 6.17. The van der Waals surface area contributed by atoms with Crippen LogP contribution >= 0.6 is 0 Å². The molecule has 0 saturated carbocycles. The summed E-state index contributed by atoms with van der Waals surface area (Å²) < 4.78 is 20.8. The fourth-order valence-electron chi connectivity index (χ4n) is 2.68. The minimum Gasteiger partial charge on any atom is -0.504 e. The quantitative estimate of drug-likeness (QED) is 0.470. The van der Waals surface area contributed by atoms with Gasteiger partial charge in [-0.05, 0) is 47.5 Å². The van der Waals surface area contributed by atoms with E-state index in [9.17, 15) is 14.7 Å². The van der Waals surface area contributed by atoms with Crippen molar-refractivity contribution in [3.63, 3.8) is 0 Å². The van der Waals surface area contributed by atoms with Gasteiger partial charge in [-0.25, -0.2) is 0 Å². The van der Waals surface area contributed by atoms with Gasteiger partial charge in [0.2, 0.25) is 5.75 Å². The van der Waals surface area contributed by atoms with E-state index < -0.39 is 0 Å². The summed E-state index contributed by atoms with van der Waals surface area (Å²) >= 11 is 0. The predicted octanol–water partition coefficient (Wildman–Crippen LogP) is 3.68. The molecule has 0 heterocycles. The van der Waals surface area contributed by atoms with E-state index in [1.807, 2.05) is 0 Å². The van der Waals surface area contributed by atoms with Crippen LogP contribution in [0.2, 0.25) is 0 Å². The van der Waals surface area contributed by atoms with Crippen molar-refractivity contribution in [3.8, 4) is 28.7 Å². The minimum absolute atomic E-state index is 0.0311. The number of aromatic hydroxyl groups is 1.